The molecule has 0 aromatic heterocycles. The van der Waals surface area contributed by atoms with Gasteiger partial charge in [0, 0.05) is 25.2 Å². The van der Waals surface area contributed by atoms with Gasteiger partial charge >= 0.3 is 0 Å². The van der Waals surface area contributed by atoms with Crippen molar-refractivity contribution in [1.82, 2.24) is 10.2 Å². The number of nitrogens with zero attached hydrogens (tertiary/aromatic N) is 1. The quantitative estimate of drug-likeness (QED) is 0.780. The van der Waals surface area contributed by atoms with Crippen molar-refractivity contribution in [3.63, 3.8) is 0 Å². The molecule has 3 atom stereocenters. The summed E-state index contributed by atoms with van der Waals surface area (Å²) in [5.41, 5.74) is 0. The Bertz CT molecular complexity index is 267. The van der Waals surface area contributed by atoms with E-state index in [-0.39, 0.29) is 0 Å². The topological polar surface area (TPSA) is 35.5 Å². The highest BCUT2D eigenvalue weighted by molar-refractivity contribution is 4.88. The fraction of sp³-hybridized carbons (Fsp3) is 1.00. The zero-order chi connectivity index (χ0) is 12.4. The second-order valence-corrected chi connectivity index (χ2v) is 6.67. The molecule has 0 bridgehead atoms. The van der Waals surface area contributed by atoms with Gasteiger partial charge < -0.3 is 15.3 Å². The number of piperidine rings is 1. The van der Waals surface area contributed by atoms with Crippen molar-refractivity contribution in [1.29, 1.82) is 0 Å². The van der Waals surface area contributed by atoms with Crippen LogP contribution in [-0.4, -0.2) is 48.3 Å². The normalized spacial score (nSPS) is 35.2. The molecule has 1 saturated heterocycles. The van der Waals surface area contributed by atoms with Crippen LogP contribution in [0.4, 0.5) is 0 Å². The van der Waals surface area contributed by atoms with Crippen molar-refractivity contribution in [2.24, 2.45) is 11.8 Å². The number of hydrogen-bond acceptors (Lipinski definition) is 3. The summed E-state index contributed by atoms with van der Waals surface area (Å²) in [5, 5.41) is 13.0. The first-order valence-corrected chi connectivity index (χ1v) is 7.94. The van der Waals surface area contributed by atoms with E-state index in [1.54, 1.807) is 0 Å². The van der Waals surface area contributed by atoms with Crippen LogP contribution in [0, 0.1) is 11.8 Å². The predicted molar refractivity (Wildman–Crippen MR) is 73.5 cm³/mol. The minimum absolute atomic E-state index is 0.293. The van der Waals surface area contributed by atoms with Gasteiger partial charge in [0.1, 0.15) is 0 Å². The minimum atomic E-state index is 0.293. The number of likely N-dealkylation sites (tertiary alicyclic amines) is 1. The Hall–Kier alpha value is -0.120. The van der Waals surface area contributed by atoms with E-state index in [0.717, 1.165) is 18.4 Å². The summed E-state index contributed by atoms with van der Waals surface area (Å²) in [6.45, 7) is 3.88. The Morgan fingerprint density at radius 1 is 1.06 bits per heavy atom. The fourth-order valence-corrected chi connectivity index (χ4v) is 3.90. The molecule has 3 rings (SSSR count). The van der Waals surface area contributed by atoms with Gasteiger partial charge in [0.25, 0.3) is 0 Å². The Kier molecular flexibility index (Phi) is 4.22. The first-order valence-electron chi connectivity index (χ1n) is 7.94. The lowest BCUT2D eigenvalue weighted by molar-refractivity contribution is 0.0722. The van der Waals surface area contributed by atoms with Crippen LogP contribution < -0.4 is 5.32 Å². The van der Waals surface area contributed by atoms with E-state index in [9.17, 15) is 5.11 Å². The average Bonchev–Trinajstić information content (AvgIpc) is 3.22. The van der Waals surface area contributed by atoms with Crippen LogP contribution in [0.2, 0.25) is 0 Å². The molecule has 1 heterocycles. The molecular weight excluding hydrogens is 224 g/mol. The lowest BCUT2D eigenvalue weighted by Crippen LogP contribution is -2.49. The maximum atomic E-state index is 9.48. The molecule has 3 aliphatic rings. The van der Waals surface area contributed by atoms with E-state index in [1.807, 2.05) is 0 Å². The summed E-state index contributed by atoms with van der Waals surface area (Å²) < 4.78 is 0. The maximum Gasteiger partial charge on any atom is 0.0597 e. The predicted octanol–water partition coefficient (Wildman–Crippen LogP) is 1.61. The van der Waals surface area contributed by atoms with Gasteiger partial charge in [-0.3, -0.25) is 0 Å². The molecule has 0 spiro atoms. The molecule has 0 aromatic carbocycles. The molecule has 104 valence electrons. The molecular formula is C15H28N2O. The van der Waals surface area contributed by atoms with Gasteiger partial charge in [-0.05, 0) is 44.1 Å². The molecule has 18 heavy (non-hydrogen) atoms. The Morgan fingerprint density at radius 2 is 1.83 bits per heavy atom. The molecule has 3 heteroatoms. The van der Waals surface area contributed by atoms with E-state index in [1.165, 1.54) is 58.0 Å². The molecule has 3 nitrogen and oxygen atoms in total. The van der Waals surface area contributed by atoms with E-state index < -0.39 is 0 Å². The molecule has 0 aromatic rings. The van der Waals surface area contributed by atoms with E-state index >= 15 is 0 Å². The Morgan fingerprint density at radius 3 is 2.56 bits per heavy atom. The molecule has 2 saturated carbocycles. The van der Waals surface area contributed by atoms with Crippen molar-refractivity contribution < 1.29 is 5.11 Å². The monoisotopic (exact) mass is 252 g/mol. The second-order valence-electron chi connectivity index (χ2n) is 6.67. The zero-order valence-electron chi connectivity index (χ0n) is 11.5. The van der Waals surface area contributed by atoms with E-state index in [2.05, 4.69) is 10.2 Å². The summed E-state index contributed by atoms with van der Waals surface area (Å²) in [6.07, 6.45) is 9.83. The minimum Gasteiger partial charge on any atom is -0.395 e. The largest absolute Gasteiger partial charge is 0.395 e. The lowest BCUT2D eigenvalue weighted by atomic mass is 9.75. The van der Waals surface area contributed by atoms with Gasteiger partial charge in [-0.1, -0.05) is 19.3 Å². The maximum absolute atomic E-state index is 9.48. The Labute approximate surface area is 111 Å². The van der Waals surface area contributed by atoms with Crippen molar-refractivity contribution in [3.8, 4) is 0 Å². The van der Waals surface area contributed by atoms with Gasteiger partial charge in [0.15, 0.2) is 0 Å². The third-order valence-corrected chi connectivity index (χ3v) is 5.12. The highest BCUT2D eigenvalue weighted by Crippen LogP contribution is 2.36. The van der Waals surface area contributed by atoms with Crippen LogP contribution in [-0.2, 0) is 0 Å². The van der Waals surface area contributed by atoms with Crippen LogP contribution in [0.3, 0.4) is 0 Å². The van der Waals surface area contributed by atoms with Gasteiger partial charge in [0.05, 0.1) is 6.61 Å². The standard InChI is InChI=1S/C15H28N2O/c18-11-15(16-14-5-6-14)10-17-8-7-12-3-1-2-4-13(12)9-17/h12-16,18H,1-11H2. The van der Waals surface area contributed by atoms with Crippen LogP contribution >= 0.6 is 0 Å². The SMILES string of the molecule is OCC(CN1CCC2CCCCC2C1)NC1CC1. The molecule has 2 N–H and O–H groups in total. The molecule has 3 fully saturated rings. The third-order valence-electron chi connectivity index (χ3n) is 5.12. The molecule has 3 unspecified atom stereocenters. The van der Waals surface area contributed by atoms with Crippen LogP contribution in [0.25, 0.3) is 0 Å². The number of hydrogen-bond donors (Lipinski definition) is 2. The van der Waals surface area contributed by atoms with E-state index in [0.29, 0.717) is 18.7 Å². The highest BCUT2D eigenvalue weighted by Gasteiger charge is 2.32. The summed E-state index contributed by atoms with van der Waals surface area (Å²) in [5.74, 6) is 1.96. The lowest BCUT2D eigenvalue weighted by Gasteiger charge is -2.42. The summed E-state index contributed by atoms with van der Waals surface area (Å²) in [7, 11) is 0. The first kappa shape index (κ1) is 12.9. The van der Waals surface area contributed by atoms with Crippen molar-refractivity contribution in [2.45, 2.75) is 57.0 Å². The number of nitrogens with one attached hydrogen (secondary N) is 1. The van der Waals surface area contributed by atoms with Crippen LogP contribution in [0.5, 0.6) is 0 Å². The summed E-state index contributed by atoms with van der Waals surface area (Å²) in [6, 6.07) is 1.01. The molecule has 0 amide bonds. The van der Waals surface area contributed by atoms with Gasteiger partial charge in [-0.2, -0.15) is 0 Å². The second kappa shape index (κ2) is 5.89. The third kappa shape index (κ3) is 3.25. The summed E-state index contributed by atoms with van der Waals surface area (Å²) in [4.78, 5) is 2.60. The van der Waals surface area contributed by atoms with Gasteiger partial charge in [0.2, 0.25) is 0 Å². The first-order chi connectivity index (χ1) is 8.85. The van der Waals surface area contributed by atoms with Crippen molar-refractivity contribution in [3.05, 3.63) is 0 Å². The van der Waals surface area contributed by atoms with Crippen LogP contribution in [0.15, 0.2) is 0 Å². The fourth-order valence-electron chi connectivity index (χ4n) is 3.90. The Balaban J connectivity index is 1.47. The van der Waals surface area contributed by atoms with Gasteiger partial charge in [-0.15, -0.1) is 0 Å². The smallest absolute Gasteiger partial charge is 0.0597 e. The number of aliphatic hydroxyl groups excluding tert-OH is 1. The number of rotatable bonds is 5. The summed E-state index contributed by atoms with van der Waals surface area (Å²) >= 11 is 0. The number of aliphatic hydroxyl groups is 1. The van der Waals surface area contributed by atoms with Crippen molar-refractivity contribution in [2.75, 3.05) is 26.2 Å². The molecule has 2 aliphatic carbocycles. The van der Waals surface area contributed by atoms with Gasteiger partial charge in [-0.25, -0.2) is 0 Å². The molecule has 0 radical (unpaired) electrons. The zero-order valence-corrected chi connectivity index (χ0v) is 11.5. The number of fused-ring (bicyclic) bond motifs is 1. The average molecular weight is 252 g/mol. The van der Waals surface area contributed by atoms with Crippen molar-refractivity contribution >= 4 is 0 Å². The van der Waals surface area contributed by atoms with Crippen LogP contribution in [0.1, 0.15) is 44.9 Å². The van der Waals surface area contributed by atoms with E-state index in [4.69, 9.17) is 0 Å². The highest BCUT2D eigenvalue weighted by atomic mass is 16.3. The molecule has 1 aliphatic heterocycles.